The van der Waals surface area contributed by atoms with Gasteiger partial charge in [0.1, 0.15) is 16.4 Å². The Bertz CT molecular complexity index is 1040. The van der Waals surface area contributed by atoms with Gasteiger partial charge in [0.05, 0.1) is 15.5 Å². The summed E-state index contributed by atoms with van der Waals surface area (Å²) >= 11 is 5.85. The first-order valence-electron chi connectivity index (χ1n) is 6.39. The molecule has 0 heterocycles. The molecular formula is C14H10Cl2O7S2. The van der Waals surface area contributed by atoms with Crippen molar-refractivity contribution < 1.29 is 31.5 Å². The van der Waals surface area contributed by atoms with Crippen molar-refractivity contribution in [2.24, 2.45) is 0 Å². The highest BCUT2D eigenvalue weighted by Crippen LogP contribution is 2.34. The van der Waals surface area contributed by atoms with E-state index in [0.717, 1.165) is 18.4 Å². The minimum absolute atomic E-state index is 0.105. The number of rotatable bonds is 5. The minimum atomic E-state index is -3.91. The molecule has 0 saturated carbocycles. The van der Waals surface area contributed by atoms with Gasteiger partial charge in [-0.3, -0.25) is 0 Å². The average Bonchev–Trinajstić information content (AvgIpc) is 2.45. The van der Waals surface area contributed by atoms with E-state index in [4.69, 9.17) is 32.1 Å². The molecular weight excluding hydrogens is 415 g/mol. The number of carbonyl (C=O) groups is 1. The maximum absolute atomic E-state index is 11.9. The van der Waals surface area contributed by atoms with E-state index >= 15 is 0 Å². The smallest absolute Gasteiger partial charge is 0.337 e. The fourth-order valence-corrected chi connectivity index (χ4v) is 3.67. The highest BCUT2D eigenvalue weighted by Gasteiger charge is 2.21. The monoisotopic (exact) mass is 424 g/mol. The Hall–Kier alpha value is -1.81. The Balaban J connectivity index is 2.52. The number of aromatic carboxylic acids is 1. The summed E-state index contributed by atoms with van der Waals surface area (Å²) in [5.74, 6) is -1.48. The van der Waals surface area contributed by atoms with Gasteiger partial charge in [0.25, 0.3) is 9.05 Å². The van der Waals surface area contributed by atoms with Gasteiger partial charge in [0.2, 0.25) is 0 Å². The largest absolute Gasteiger partial charge is 0.478 e. The molecule has 0 fully saturated rings. The molecule has 134 valence electrons. The fraction of sp³-hybridized carbons (Fsp3) is 0.0714. The predicted octanol–water partition coefficient (Wildman–Crippen LogP) is 3.16. The third-order valence-corrected chi connectivity index (χ3v) is 5.80. The lowest BCUT2D eigenvalue weighted by atomic mass is 10.2. The quantitative estimate of drug-likeness (QED) is 0.732. The van der Waals surface area contributed by atoms with Gasteiger partial charge in [-0.2, -0.15) is 0 Å². The zero-order chi connectivity index (χ0) is 19.0. The van der Waals surface area contributed by atoms with Crippen molar-refractivity contribution in [3.63, 3.8) is 0 Å². The molecule has 0 atom stereocenters. The second kappa shape index (κ2) is 6.83. The van der Waals surface area contributed by atoms with E-state index in [2.05, 4.69) is 0 Å². The van der Waals surface area contributed by atoms with E-state index < -0.39 is 30.4 Å². The molecule has 0 amide bonds. The molecule has 0 aliphatic heterocycles. The van der Waals surface area contributed by atoms with Crippen LogP contribution in [-0.2, 0) is 18.9 Å². The molecule has 2 aromatic rings. The molecule has 2 rings (SSSR count). The van der Waals surface area contributed by atoms with Gasteiger partial charge >= 0.3 is 5.97 Å². The van der Waals surface area contributed by atoms with Crippen LogP contribution in [0, 0.1) is 0 Å². The molecule has 2 aromatic carbocycles. The SMILES string of the molecule is CS(=O)(=O)c1cc(C(=O)O)c(Cl)cc1Oc1ccc(S(=O)(=O)Cl)cc1. The van der Waals surface area contributed by atoms with Crippen LogP contribution in [-0.4, -0.2) is 34.2 Å². The van der Waals surface area contributed by atoms with Crippen LogP contribution >= 0.6 is 22.3 Å². The zero-order valence-electron chi connectivity index (χ0n) is 12.4. The average molecular weight is 425 g/mol. The highest BCUT2D eigenvalue weighted by atomic mass is 35.7. The van der Waals surface area contributed by atoms with Crippen molar-refractivity contribution in [2.75, 3.05) is 6.26 Å². The van der Waals surface area contributed by atoms with Crippen molar-refractivity contribution in [1.29, 1.82) is 0 Å². The first-order valence-corrected chi connectivity index (χ1v) is 11.0. The first-order chi connectivity index (χ1) is 11.4. The van der Waals surface area contributed by atoms with Crippen molar-refractivity contribution in [1.82, 2.24) is 0 Å². The Labute approximate surface area is 153 Å². The summed E-state index contributed by atoms with van der Waals surface area (Å²) in [5.41, 5.74) is -0.391. The molecule has 11 heteroatoms. The number of hydrogen-bond acceptors (Lipinski definition) is 6. The van der Waals surface area contributed by atoms with E-state index in [9.17, 15) is 21.6 Å². The summed E-state index contributed by atoms with van der Waals surface area (Å²) in [7, 11) is -2.53. The summed E-state index contributed by atoms with van der Waals surface area (Å²) < 4.78 is 51.6. The van der Waals surface area contributed by atoms with Gasteiger partial charge in [0, 0.05) is 23.0 Å². The van der Waals surface area contributed by atoms with Crippen molar-refractivity contribution in [2.45, 2.75) is 9.79 Å². The number of hydrogen-bond donors (Lipinski definition) is 1. The van der Waals surface area contributed by atoms with Crippen LogP contribution in [0.1, 0.15) is 10.4 Å². The van der Waals surface area contributed by atoms with Gasteiger partial charge in [-0.25, -0.2) is 21.6 Å². The third kappa shape index (κ3) is 4.63. The molecule has 0 aliphatic rings. The van der Waals surface area contributed by atoms with Crippen molar-refractivity contribution >= 4 is 47.1 Å². The van der Waals surface area contributed by atoms with E-state index in [1.54, 1.807) is 0 Å². The maximum Gasteiger partial charge on any atom is 0.337 e. The van der Waals surface area contributed by atoms with Crippen LogP contribution in [0.5, 0.6) is 11.5 Å². The van der Waals surface area contributed by atoms with Crippen LogP contribution in [0.2, 0.25) is 5.02 Å². The number of halogens is 2. The Kier molecular flexibility index (Phi) is 5.33. The van der Waals surface area contributed by atoms with E-state index in [1.165, 1.54) is 24.3 Å². The van der Waals surface area contributed by atoms with Gasteiger partial charge in [-0.15, -0.1) is 0 Å². The lowest BCUT2D eigenvalue weighted by Crippen LogP contribution is -2.05. The molecule has 0 unspecified atom stereocenters. The van der Waals surface area contributed by atoms with Crippen LogP contribution in [0.4, 0.5) is 0 Å². The lowest BCUT2D eigenvalue weighted by Gasteiger charge is -2.12. The maximum atomic E-state index is 11.9. The molecule has 7 nitrogen and oxygen atoms in total. The Morgan fingerprint density at radius 2 is 1.64 bits per heavy atom. The van der Waals surface area contributed by atoms with Crippen molar-refractivity contribution in [3.8, 4) is 11.5 Å². The Morgan fingerprint density at radius 1 is 1.08 bits per heavy atom. The summed E-state index contributed by atoms with van der Waals surface area (Å²) in [5, 5.41) is 8.84. The molecule has 0 bridgehead atoms. The van der Waals surface area contributed by atoms with E-state index in [-0.39, 0.29) is 26.3 Å². The molecule has 0 aromatic heterocycles. The standard InChI is InChI=1S/C14H10Cl2O7S2/c1-24(19,20)13-6-10(14(17)18)11(15)7-12(13)23-8-2-4-9(5-3-8)25(16,21)22/h2-7H,1H3,(H,17,18). The van der Waals surface area contributed by atoms with Crippen LogP contribution in [0.3, 0.4) is 0 Å². The molecule has 0 aliphatic carbocycles. The summed E-state index contributed by atoms with van der Waals surface area (Å²) in [6, 6.07) is 6.83. The van der Waals surface area contributed by atoms with Gasteiger partial charge in [-0.1, -0.05) is 11.6 Å². The first kappa shape index (κ1) is 19.5. The Morgan fingerprint density at radius 3 is 2.08 bits per heavy atom. The zero-order valence-corrected chi connectivity index (χ0v) is 15.6. The molecule has 1 N–H and O–H groups in total. The summed E-state index contributed by atoms with van der Waals surface area (Å²) in [6.45, 7) is 0. The number of benzene rings is 2. The van der Waals surface area contributed by atoms with Crippen molar-refractivity contribution in [3.05, 3.63) is 47.0 Å². The summed E-state index contributed by atoms with van der Waals surface area (Å²) in [4.78, 5) is 10.6. The third-order valence-electron chi connectivity index (χ3n) is 3.00. The molecule has 25 heavy (non-hydrogen) atoms. The van der Waals surface area contributed by atoms with Crippen LogP contribution < -0.4 is 4.74 Å². The number of carboxylic acid groups (broad SMARTS) is 1. The number of ether oxygens (including phenoxy) is 1. The topological polar surface area (TPSA) is 115 Å². The second-order valence-corrected chi connectivity index (χ2v) is 9.82. The van der Waals surface area contributed by atoms with Crippen LogP contribution in [0.25, 0.3) is 0 Å². The molecule has 0 saturated heterocycles. The van der Waals surface area contributed by atoms with E-state index in [1.807, 2.05) is 0 Å². The van der Waals surface area contributed by atoms with Crippen LogP contribution in [0.15, 0.2) is 46.2 Å². The predicted molar refractivity (Wildman–Crippen MR) is 91.1 cm³/mol. The van der Waals surface area contributed by atoms with E-state index in [0.29, 0.717) is 0 Å². The number of carboxylic acids is 1. The molecule has 0 spiro atoms. The normalized spacial score (nSPS) is 12.0. The van der Waals surface area contributed by atoms with Gasteiger partial charge in [0.15, 0.2) is 9.84 Å². The lowest BCUT2D eigenvalue weighted by molar-refractivity contribution is 0.0696. The minimum Gasteiger partial charge on any atom is -0.478 e. The summed E-state index contributed by atoms with van der Waals surface area (Å²) in [6.07, 6.45) is 0.887. The highest BCUT2D eigenvalue weighted by molar-refractivity contribution is 8.13. The number of sulfone groups is 1. The second-order valence-electron chi connectivity index (χ2n) is 4.87. The van der Waals surface area contributed by atoms with Gasteiger partial charge < -0.3 is 9.84 Å². The molecule has 0 radical (unpaired) electrons. The van der Waals surface area contributed by atoms with Gasteiger partial charge in [-0.05, 0) is 30.3 Å². The fourth-order valence-electron chi connectivity index (χ4n) is 1.87.